The summed E-state index contributed by atoms with van der Waals surface area (Å²) < 4.78 is 0. The maximum atomic E-state index is 2.44. The van der Waals surface area contributed by atoms with Gasteiger partial charge >= 0.3 is 0 Å². The first-order valence-corrected chi connectivity index (χ1v) is 9.04. The number of rotatable bonds is 13. The quantitative estimate of drug-likeness (QED) is 0.306. The van der Waals surface area contributed by atoms with Gasteiger partial charge in [0.1, 0.15) is 0 Å². The molecule has 0 aliphatic carbocycles. The maximum absolute atomic E-state index is 2.44. The molecule has 0 aliphatic rings. The van der Waals surface area contributed by atoms with Gasteiger partial charge in [0.25, 0.3) is 0 Å². The molecule has 0 nitrogen and oxygen atoms in total. The first-order valence-electron chi connectivity index (χ1n) is 9.04. The summed E-state index contributed by atoms with van der Waals surface area (Å²) in [5.74, 6) is 0.881. The van der Waals surface area contributed by atoms with E-state index in [0.29, 0.717) is 5.41 Å². The van der Waals surface area contributed by atoms with Crippen molar-refractivity contribution in [3.8, 4) is 0 Å². The molecule has 0 aromatic carbocycles. The minimum atomic E-state index is 0.541. The molecule has 0 heterocycles. The van der Waals surface area contributed by atoms with Crippen molar-refractivity contribution in [2.45, 2.75) is 112 Å². The Kier molecular flexibility index (Phi) is 11.8. The molecule has 0 saturated carbocycles. The Hall–Kier alpha value is 0. The second-order valence-corrected chi connectivity index (χ2v) is 7.21. The maximum Gasteiger partial charge on any atom is -0.0331 e. The average Bonchev–Trinajstić information content (AvgIpc) is 2.40. The molecule has 1 atom stereocenters. The molecule has 0 aromatic rings. The summed E-state index contributed by atoms with van der Waals surface area (Å²) in [4.78, 5) is 0. The van der Waals surface area contributed by atoms with Crippen molar-refractivity contribution in [3.63, 3.8) is 0 Å². The summed E-state index contributed by atoms with van der Waals surface area (Å²) in [7, 11) is 0. The van der Waals surface area contributed by atoms with Crippen LogP contribution in [-0.2, 0) is 0 Å². The van der Waals surface area contributed by atoms with Crippen LogP contribution in [0.4, 0.5) is 0 Å². The molecule has 0 aromatic heterocycles. The molecule has 0 fully saturated rings. The van der Waals surface area contributed by atoms with Gasteiger partial charge in [-0.2, -0.15) is 0 Å². The van der Waals surface area contributed by atoms with Gasteiger partial charge in [-0.15, -0.1) is 0 Å². The molecule has 0 spiro atoms. The molecule has 19 heavy (non-hydrogen) atoms. The third-order valence-corrected chi connectivity index (χ3v) is 5.24. The van der Waals surface area contributed by atoms with Crippen LogP contribution in [-0.4, -0.2) is 0 Å². The highest BCUT2D eigenvalue weighted by Gasteiger charge is 2.22. The van der Waals surface area contributed by atoms with E-state index in [-0.39, 0.29) is 0 Å². The van der Waals surface area contributed by atoms with E-state index in [1.807, 2.05) is 0 Å². The molecule has 0 radical (unpaired) electrons. The summed E-state index contributed by atoms with van der Waals surface area (Å²) in [6.45, 7) is 11.9. The average molecular weight is 269 g/mol. The van der Waals surface area contributed by atoms with Crippen molar-refractivity contribution in [1.82, 2.24) is 0 Å². The van der Waals surface area contributed by atoms with Crippen LogP contribution in [0.15, 0.2) is 0 Å². The normalized spacial score (nSPS) is 13.7. The molecule has 0 bridgehead atoms. The fraction of sp³-hybridized carbons (Fsp3) is 1.00. The summed E-state index contributed by atoms with van der Waals surface area (Å²) >= 11 is 0. The molecular formula is C19H40. The van der Waals surface area contributed by atoms with Gasteiger partial charge in [-0.3, -0.25) is 0 Å². The van der Waals surface area contributed by atoms with Crippen molar-refractivity contribution >= 4 is 0 Å². The van der Waals surface area contributed by atoms with Crippen LogP contribution in [0, 0.1) is 11.3 Å². The summed E-state index contributed by atoms with van der Waals surface area (Å²) in [6, 6.07) is 0. The van der Waals surface area contributed by atoms with Crippen molar-refractivity contribution in [2.75, 3.05) is 0 Å². The zero-order valence-corrected chi connectivity index (χ0v) is 14.6. The second kappa shape index (κ2) is 11.8. The largest absolute Gasteiger partial charge is 0.0654 e. The lowest BCUT2D eigenvalue weighted by molar-refractivity contribution is 0.204. The van der Waals surface area contributed by atoms with Crippen LogP contribution in [0.3, 0.4) is 0 Å². The lowest BCUT2D eigenvalue weighted by Crippen LogP contribution is -2.20. The van der Waals surface area contributed by atoms with Gasteiger partial charge in [-0.1, -0.05) is 112 Å². The number of hydrogen-bond donors (Lipinski definition) is 0. The van der Waals surface area contributed by atoms with Crippen LogP contribution >= 0.6 is 0 Å². The smallest absolute Gasteiger partial charge is 0.0331 e. The second-order valence-electron chi connectivity index (χ2n) is 7.21. The van der Waals surface area contributed by atoms with Crippen LogP contribution in [0.5, 0.6) is 0 Å². The van der Waals surface area contributed by atoms with E-state index in [9.17, 15) is 0 Å². The minimum Gasteiger partial charge on any atom is -0.0654 e. The van der Waals surface area contributed by atoms with Gasteiger partial charge in [0.05, 0.1) is 0 Å². The minimum absolute atomic E-state index is 0.541. The molecule has 0 amide bonds. The van der Waals surface area contributed by atoms with Crippen molar-refractivity contribution in [3.05, 3.63) is 0 Å². The lowest BCUT2D eigenvalue weighted by atomic mass is 9.75. The summed E-state index contributed by atoms with van der Waals surface area (Å²) in [5, 5.41) is 0. The fourth-order valence-corrected chi connectivity index (χ4v) is 2.68. The van der Waals surface area contributed by atoms with E-state index in [1.165, 1.54) is 77.0 Å². The van der Waals surface area contributed by atoms with Gasteiger partial charge < -0.3 is 0 Å². The van der Waals surface area contributed by atoms with E-state index < -0.39 is 0 Å². The highest BCUT2D eigenvalue weighted by molar-refractivity contribution is 4.73. The summed E-state index contributed by atoms with van der Waals surface area (Å²) in [6.07, 6.45) is 17.2. The molecule has 0 aliphatic heterocycles. The first kappa shape index (κ1) is 19.0. The Balaban J connectivity index is 3.27. The van der Waals surface area contributed by atoms with Gasteiger partial charge in [-0.05, 0) is 11.3 Å². The van der Waals surface area contributed by atoms with E-state index in [4.69, 9.17) is 0 Å². The SMILES string of the molecule is CCCCCCCCCCCCC(C)C(C)(C)CC. The molecule has 0 saturated heterocycles. The van der Waals surface area contributed by atoms with Crippen molar-refractivity contribution in [1.29, 1.82) is 0 Å². The molecule has 116 valence electrons. The van der Waals surface area contributed by atoms with Crippen molar-refractivity contribution in [2.24, 2.45) is 11.3 Å². The highest BCUT2D eigenvalue weighted by Crippen LogP contribution is 2.33. The molecule has 0 N–H and O–H groups in total. The Morgan fingerprint density at radius 1 is 0.684 bits per heavy atom. The van der Waals surface area contributed by atoms with E-state index in [2.05, 4.69) is 34.6 Å². The standard InChI is InChI=1S/C19H40/c1-6-8-9-10-11-12-13-14-15-16-17-18(3)19(4,5)7-2/h18H,6-17H2,1-5H3. The van der Waals surface area contributed by atoms with E-state index in [0.717, 1.165) is 5.92 Å². The molecule has 0 rings (SSSR count). The third-order valence-electron chi connectivity index (χ3n) is 5.24. The predicted molar refractivity (Wildman–Crippen MR) is 89.7 cm³/mol. The van der Waals surface area contributed by atoms with E-state index >= 15 is 0 Å². The lowest BCUT2D eigenvalue weighted by Gasteiger charge is -2.30. The Morgan fingerprint density at radius 2 is 1.11 bits per heavy atom. The van der Waals surface area contributed by atoms with Crippen LogP contribution < -0.4 is 0 Å². The monoisotopic (exact) mass is 268 g/mol. The van der Waals surface area contributed by atoms with Crippen molar-refractivity contribution < 1.29 is 0 Å². The Bertz CT molecular complexity index is 180. The van der Waals surface area contributed by atoms with Crippen LogP contribution in [0.1, 0.15) is 112 Å². The van der Waals surface area contributed by atoms with Gasteiger partial charge in [0.15, 0.2) is 0 Å². The highest BCUT2D eigenvalue weighted by atomic mass is 14.3. The topological polar surface area (TPSA) is 0 Å². The van der Waals surface area contributed by atoms with E-state index in [1.54, 1.807) is 0 Å². The third kappa shape index (κ3) is 10.4. The van der Waals surface area contributed by atoms with Gasteiger partial charge in [-0.25, -0.2) is 0 Å². The molecular weight excluding hydrogens is 228 g/mol. The Morgan fingerprint density at radius 3 is 1.53 bits per heavy atom. The zero-order valence-electron chi connectivity index (χ0n) is 14.6. The first-order chi connectivity index (χ1) is 9.04. The Labute approximate surface area is 123 Å². The van der Waals surface area contributed by atoms with Gasteiger partial charge in [0.2, 0.25) is 0 Å². The predicted octanol–water partition coefficient (Wildman–Crippen LogP) is 7.37. The molecule has 1 unspecified atom stereocenters. The zero-order chi connectivity index (χ0) is 14.6. The molecule has 0 heteroatoms. The van der Waals surface area contributed by atoms with Gasteiger partial charge in [0, 0.05) is 0 Å². The van der Waals surface area contributed by atoms with Crippen LogP contribution in [0.2, 0.25) is 0 Å². The number of hydrogen-bond acceptors (Lipinski definition) is 0. The number of unbranched alkanes of at least 4 members (excludes halogenated alkanes) is 9. The summed E-state index contributed by atoms with van der Waals surface area (Å²) in [5.41, 5.74) is 0.541. The fourth-order valence-electron chi connectivity index (χ4n) is 2.68. The van der Waals surface area contributed by atoms with Crippen LogP contribution in [0.25, 0.3) is 0 Å².